The van der Waals surface area contributed by atoms with Crippen LogP contribution in [0.3, 0.4) is 0 Å². The number of hydrogen-bond donors (Lipinski definition) is 2. The van der Waals surface area contributed by atoms with Crippen LogP contribution in [-0.4, -0.2) is 75.0 Å². The molecule has 0 aliphatic carbocycles. The van der Waals surface area contributed by atoms with E-state index in [1.807, 2.05) is 11.8 Å². The number of urea groups is 1. The molecule has 1 atom stereocenters. The Labute approximate surface area is 177 Å². The SMILES string of the molecule is CCOC(=O)C1=C(CN2CCN(S(=O)(=O)c3ccccc3)CC2)NC(=O)N[C@@H]1CC. The highest BCUT2D eigenvalue weighted by Crippen LogP contribution is 2.20. The minimum Gasteiger partial charge on any atom is -0.463 e. The first-order chi connectivity index (χ1) is 14.4. The van der Waals surface area contributed by atoms with Crippen molar-refractivity contribution in [2.75, 3.05) is 39.3 Å². The number of carbonyl (C=O) groups is 2. The number of piperazine rings is 1. The maximum Gasteiger partial charge on any atom is 0.337 e. The zero-order chi connectivity index (χ0) is 21.7. The molecule has 3 rings (SSSR count). The van der Waals surface area contributed by atoms with E-state index in [1.54, 1.807) is 37.3 Å². The average molecular weight is 437 g/mol. The molecule has 0 radical (unpaired) electrons. The van der Waals surface area contributed by atoms with Crippen molar-refractivity contribution < 1.29 is 22.7 Å². The number of rotatable bonds is 7. The van der Waals surface area contributed by atoms with Crippen molar-refractivity contribution >= 4 is 22.0 Å². The lowest BCUT2D eigenvalue weighted by molar-refractivity contribution is -0.139. The van der Waals surface area contributed by atoms with E-state index in [1.165, 1.54) is 4.31 Å². The minimum atomic E-state index is -3.53. The summed E-state index contributed by atoms with van der Waals surface area (Å²) in [5.74, 6) is -0.447. The first-order valence-electron chi connectivity index (χ1n) is 10.1. The second-order valence-corrected chi connectivity index (χ2v) is 9.10. The van der Waals surface area contributed by atoms with Crippen LogP contribution in [0.5, 0.6) is 0 Å². The molecule has 2 aliphatic rings. The van der Waals surface area contributed by atoms with Crippen LogP contribution in [0.4, 0.5) is 4.79 Å². The summed E-state index contributed by atoms with van der Waals surface area (Å²) in [5.41, 5.74) is 0.946. The number of hydrogen-bond acceptors (Lipinski definition) is 6. The van der Waals surface area contributed by atoms with Crippen LogP contribution < -0.4 is 10.6 Å². The van der Waals surface area contributed by atoms with Gasteiger partial charge in [0.05, 0.1) is 23.1 Å². The molecule has 10 heteroatoms. The van der Waals surface area contributed by atoms with Gasteiger partial charge < -0.3 is 15.4 Å². The fraction of sp³-hybridized carbons (Fsp3) is 0.500. The second kappa shape index (κ2) is 9.59. The fourth-order valence-corrected chi connectivity index (χ4v) is 5.12. The second-order valence-electron chi connectivity index (χ2n) is 7.17. The molecule has 0 spiro atoms. The highest BCUT2D eigenvalue weighted by Gasteiger charge is 2.34. The Morgan fingerprint density at radius 3 is 2.40 bits per heavy atom. The van der Waals surface area contributed by atoms with Crippen molar-refractivity contribution in [3.8, 4) is 0 Å². The molecule has 0 unspecified atom stereocenters. The molecule has 30 heavy (non-hydrogen) atoms. The molecule has 1 aromatic carbocycles. The Morgan fingerprint density at radius 2 is 1.80 bits per heavy atom. The monoisotopic (exact) mass is 436 g/mol. The molecule has 1 fully saturated rings. The Morgan fingerprint density at radius 1 is 1.13 bits per heavy atom. The van der Waals surface area contributed by atoms with E-state index < -0.39 is 22.0 Å². The zero-order valence-electron chi connectivity index (χ0n) is 17.3. The van der Waals surface area contributed by atoms with Gasteiger partial charge in [0.2, 0.25) is 10.0 Å². The van der Waals surface area contributed by atoms with E-state index in [2.05, 4.69) is 10.6 Å². The first-order valence-corrected chi connectivity index (χ1v) is 11.6. The molecule has 0 bridgehead atoms. The van der Waals surface area contributed by atoms with Gasteiger partial charge in [-0.25, -0.2) is 18.0 Å². The molecule has 1 aromatic rings. The third-order valence-electron chi connectivity index (χ3n) is 5.24. The molecular formula is C20H28N4O5S. The van der Waals surface area contributed by atoms with Crippen LogP contribution in [0.1, 0.15) is 20.3 Å². The lowest BCUT2D eigenvalue weighted by atomic mass is 10.00. The Bertz CT molecular complexity index is 908. The molecule has 2 heterocycles. The Kier molecular flexibility index (Phi) is 7.11. The van der Waals surface area contributed by atoms with E-state index in [9.17, 15) is 18.0 Å². The molecule has 0 aromatic heterocycles. The van der Waals surface area contributed by atoms with Crippen molar-refractivity contribution in [1.29, 1.82) is 0 Å². The third kappa shape index (κ3) is 4.82. The van der Waals surface area contributed by atoms with Gasteiger partial charge in [-0.15, -0.1) is 0 Å². The quantitative estimate of drug-likeness (QED) is 0.615. The predicted octanol–water partition coefficient (Wildman–Crippen LogP) is 0.902. The summed E-state index contributed by atoms with van der Waals surface area (Å²) in [6.07, 6.45) is 0.564. The van der Waals surface area contributed by atoms with E-state index in [0.717, 1.165) is 0 Å². The van der Waals surface area contributed by atoms with Gasteiger partial charge in [0.15, 0.2) is 0 Å². The maximum absolute atomic E-state index is 12.8. The number of sulfonamides is 1. The number of nitrogens with zero attached hydrogens (tertiary/aromatic N) is 2. The normalized spacial score (nSPS) is 21.1. The number of nitrogens with one attached hydrogen (secondary N) is 2. The van der Waals surface area contributed by atoms with Gasteiger partial charge >= 0.3 is 12.0 Å². The van der Waals surface area contributed by atoms with Crippen molar-refractivity contribution in [2.45, 2.75) is 31.2 Å². The standard InChI is InChI=1S/C20H28N4O5S/c1-3-16-18(19(25)29-4-2)17(22-20(26)21-16)14-23-10-12-24(13-11-23)30(27,28)15-8-6-5-7-9-15/h5-9,16H,3-4,10-14H2,1-2H3,(H2,21,22,26)/t16-/m1/s1. The summed E-state index contributed by atoms with van der Waals surface area (Å²) in [4.78, 5) is 26.8. The van der Waals surface area contributed by atoms with Gasteiger partial charge in [-0.1, -0.05) is 25.1 Å². The van der Waals surface area contributed by atoms with Crippen LogP contribution >= 0.6 is 0 Å². The Hall–Kier alpha value is -2.43. The summed E-state index contributed by atoms with van der Waals surface area (Å²) in [5, 5.41) is 5.49. The Balaban J connectivity index is 1.72. The highest BCUT2D eigenvalue weighted by molar-refractivity contribution is 7.89. The van der Waals surface area contributed by atoms with Crippen molar-refractivity contribution in [2.24, 2.45) is 0 Å². The van der Waals surface area contributed by atoms with E-state index in [4.69, 9.17) is 4.74 Å². The van der Waals surface area contributed by atoms with Crippen LogP contribution in [0.15, 0.2) is 46.5 Å². The minimum absolute atomic E-state index is 0.246. The summed E-state index contributed by atoms with van der Waals surface area (Å²) in [6, 6.07) is 7.61. The molecule has 2 N–H and O–H groups in total. The smallest absolute Gasteiger partial charge is 0.337 e. The lowest BCUT2D eigenvalue weighted by Gasteiger charge is -2.36. The molecule has 2 amide bonds. The number of amides is 2. The maximum atomic E-state index is 12.8. The van der Waals surface area contributed by atoms with E-state index in [-0.39, 0.29) is 17.5 Å². The highest BCUT2D eigenvalue weighted by atomic mass is 32.2. The topological polar surface area (TPSA) is 108 Å². The number of benzene rings is 1. The van der Waals surface area contributed by atoms with Gasteiger partial charge in [0.25, 0.3) is 0 Å². The van der Waals surface area contributed by atoms with Gasteiger partial charge in [-0.05, 0) is 25.5 Å². The summed E-state index contributed by atoms with van der Waals surface area (Å²) < 4.78 is 32.2. The molecule has 0 saturated carbocycles. The van der Waals surface area contributed by atoms with Crippen LogP contribution in [-0.2, 0) is 19.6 Å². The molecule has 9 nitrogen and oxygen atoms in total. The zero-order valence-corrected chi connectivity index (χ0v) is 18.1. The van der Waals surface area contributed by atoms with Gasteiger partial charge in [0, 0.05) is 38.4 Å². The van der Waals surface area contributed by atoms with Crippen LogP contribution in [0.25, 0.3) is 0 Å². The van der Waals surface area contributed by atoms with Crippen molar-refractivity contribution in [1.82, 2.24) is 19.8 Å². The molecule has 164 valence electrons. The largest absolute Gasteiger partial charge is 0.463 e. The van der Waals surface area contributed by atoms with Crippen LogP contribution in [0, 0.1) is 0 Å². The number of ether oxygens (including phenoxy) is 1. The predicted molar refractivity (Wildman–Crippen MR) is 111 cm³/mol. The third-order valence-corrected chi connectivity index (χ3v) is 7.15. The molecule has 2 aliphatic heterocycles. The molecule has 1 saturated heterocycles. The summed E-state index contributed by atoms with van der Waals surface area (Å²) >= 11 is 0. The number of esters is 1. The summed E-state index contributed by atoms with van der Waals surface area (Å²) in [7, 11) is -3.53. The van der Waals surface area contributed by atoms with Crippen molar-refractivity contribution in [3.05, 3.63) is 41.6 Å². The van der Waals surface area contributed by atoms with Gasteiger partial charge in [-0.3, -0.25) is 4.90 Å². The fourth-order valence-electron chi connectivity index (χ4n) is 3.68. The summed E-state index contributed by atoms with van der Waals surface area (Å²) in [6.45, 7) is 5.87. The first kappa shape index (κ1) is 22.3. The van der Waals surface area contributed by atoms with E-state index in [0.29, 0.717) is 50.4 Å². The lowest BCUT2D eigenvalue weighted by Crippen LogP contribution is -2.54. The average Bonchev–Trinajstić information content (AvgIpc) is 2.74. The van der Waals surface area contributed by atoms with Crippen LogP contribution in [0.2, 0.25) is 0 Å². The van der Waals surface area contributed by atoms with Crippen molar-refractivity contribution in [3.63, 3.8) is 0 Å². The van der Waals surface area contributed by atoms with E-state index >= 15 is 0 Å². The van der Waals surface area contributed by atoms with Gasteiger partial charge in [-0.2, -0.15) is 4.31 Å². The van der Waals surface area contributed by atoms with Gasteiger partial charge in [0.1, 0.15) is 0 Å². The number of carbonyl (C=O) groups excluding carboxylic acids is 2. The molecular weight excluding hydrogens is 408 g/mol.